The number of rotatable bonds is 18. The molecule has 57 heavy (non-hydrogen) atoms. The van der Waals surface area contributed by atoms with Gasteiger partial charge in [0, 0.05) is 22.0 Å². The van der Waals surface area contributed by atoms with E-state index in [1.165, 1.54) is 48.5 Å². The maximum absolute atomic E-state index is 15.5. The van der Waals surface area contributed by atoms with Crippen LogP contribution in [0.4, 0.5) is 35.1 Å². The molecule has 0 spiro atoms. The van der Waals surface area contributed by atoms with Crippen molar-refractivity contribution in [3.63, 3.8) is 0 Å². The molecule has 0 fully saturated rings. The SMILES string of the molecule is CCCC(C)(C)c1ccc(OC(F)(F)C(F)(F)c2ccc(C(C)(CC)C(C)(CC)c3ccc(C(F)(F)C(F)(F)Oc4ccc(C(C)(C)CC)cc4)cc3)cc2)cc1. The third kappa shape index (κ3) is 8.70. The lowest BCUT2D eigenvalue weighted by Gasteiger charge is -2.47. The Morgan fingerprint density at radius 3 is 0.930 bits per heavy atom. The monoisotopic (exact) mass is 804 g/mol. The molecule has 0 aliphatic carbocycles. The van der Waals surface area contributed by atoms with Crippen molar-refractivity contribution >= 4 is 0 Å². The first-order valence-corrected chi connectivity index (χ1v) is 19.6. The van der Waals surface area contributed by atoms with E-state index < -0.39 is 57.5 Å². The van der Waals surface area contributed by atoms with Crippen molar-refractivity contribution in [1.29, 1.82) is 0 Å². The quantitative estimate of drug-likeness (QED) is 0.0933. The number of hydrogen-bond donors (Lipinski definition) is 0. The van der Waals surface area contributed by atoms with Crippen molar-refractivity contribution in [3.8, 4) is 11.5 Å². The van der Waals surface area contributed by atoms with E-state index in [4.69, 9.17) is 0 Å². The van der Waals surface area contributed by atoms with E-state index in [-0.39, 0.29) is 10.8 Å². The first-order valence-electron chi connectivity index (χ1n) is 19.6. The van der Waals surface area contributed by atoms with E-state index in [0.717, 1.165) is 54.7 Å². The van der Waals surface area contributed by atoms with Gasteiger partial charge in [-0.3, -0.25) is 0 Å². The maximum Gasteiger partial charge on any atom is 0.469 e. The third-order valence-corrected chi connectivity index (χ3v) is 12.7. The third-order valence-electron chi connectivity index (χ3n) is 12.7. The number of hydrogen-bond acceptors (Lipinski definition) is 2. The molecule has 4 aromatic rings. The van der Waals surface area contributed by atoms with E-state index in [2.05, 4.69) is 9.47 Å². The summed E-state index contributed by atoms with van der Waals surface area (Å²) in [6.07, 6.45) is -6.38. The molecule has 0 aliphatic rings. The van der Waals surface area contributed by atoms with E-state index in [1.807, 2.05) is 69.2 Å². The second kappa shape index (κ2) is 16.3. The lowest BCUT2D eigenvalue weighted by atomic mass is 9.56. The summed E-state index contributed by atoms with van der Waals surface area (Å²) in [5, 5.41) is 0. The minimum Gasteiger partial charge on any atom is -0.428 e. The van der Waals surface area contributed by atoms with Gasteiger partial charge < -0.3 is 9.47 Å². The van der Waals surface area contributed by atoms with Crippen molar-refractivity contribution in [2.24, 2.45) is 0 Å². The average Bonchev–Trinajstić information content (AvgIpc) is 3.17. The van der Waals surface area contributed by atoms with Crippen LogP contribution in [0.2, 0.25) is 0 Å². The molecule has 0 heterocycles. The predicted molar refractivity (Wildman–Crippen MR) is 211 cm³/mol. The summed E-state index contributed by atoms with van der Waals surface area (Å²) in [4.78, 5) is 0. The Labute approximate surface area is 333 Å². The largest absolute Gasteiger partial charge is 0.469 e. The highest BCUT2D eigenvalue weighted by Crippen LogP contribution is 2.51. The molecule has 312 valence electrons. The van der Waals surface area contributed by atoms with Crippen molar-refractivity contribution < 1.29 is 44.6 Å². The van der Waals surface area contributed by atoms with Crippen LogP contribution in [0.3, 0.4) is 0 Å². The fourth-order valence-electron chi connectivity index (χ4n) is 7.60. The highest BCUT2D eigenvalue weighted by atomic mass is 19.3. The molecule has 0 amide bonds. The standard InChI is InChI=1S/C47H56F8O2/c1-11-31-41(7,8)33-25-29-39(30-26-33)57-47(54,55)45(50,51)37-21-17-35(18-22-37)43(10,14-4)42(9,13-3)34-15-19-36(20-16-34)44(48,49)46(52,53)56-38-27-23-32(24-28-38)40(5,6)12-2/h15-30H,11-14,31H2,1-10H3. The van der Waals surface area contributed by atoms with Crippen LogP contribution < -0.4 is 9.47 Å². The first-order chi connectivity index (χ1) is 26.3. The highest BCUT2D eigenvalue weighted by molar-refractivity contribution is 5.42. The van der Waals surface area contributed by atoms with Crippen LogP contribution in [0.5, 0.6) is 11.5 Å². The second-order valence-corrected chi connectivity index (χ2v) is 16.8. The van der Waals surface area contributed by atoms with E-state index in [1.54, 1.807) is 24.3 Å². The topological polar surface area (TPSA) is 18.5 Å². The summed E-state index contributed by atoms with van der Waals surface area (Å²) in [5.74, 6) is -10.2. The van der Waals surface area contributed by atoms with Crippen LogP contribution in [-0.2, 0) is 33.5 Å². The minimum atomic E-state index is -4.89. The number of ether oxygens (including phenoxy) is 2. The van der Waals surface area contributed by atoms with Gasteiger partial charge in [0.2, 0.25) is 0 Å². The van der Waals surface area contributed by atoms with Crippen LogP contribution >= 0.6 is 0 Å². The van der Waals surface area contributed by atoms with Gasteiger partial charge in [-0.15, -0.1) is 0 Å². The zero-order valence-electron chi connectivity index (χ0n) is 34.6. The van der Waals surface area contributed by atoms with Gasteiger partial charge >= 0.3 is 24.1 Å². The van der Waals surface area contributed by atoms with E-state index >= 15 is 35.1 Å². The summed E-state index contributed by atoms with van der Waals surface area (Å²) in [5.41, 5.74) is -1.29. The Hall–Kier alpha value is -4.08. The van der Waals surface area contributed by atoms with Crippen LogP contribution in [0.25, 0.3) is 0 Å². The van der Waals surface area contributed by atoms with Gasteiger partial charge in [0.05, 0.1) is 0 Å². The molecule has 2 nitrogen and oxygen atoms in total. The molecule has 0 aliphatic heterocycles. The predicted octanol–water partition coefficient (Wildman–Crippen LogP) is 15.0. The lowest BCUT2D eigenvalue weighted by Crippen LogP contribution is -2.45. The van der Waals surface area contributed by atoms with Crippen LogP contribution in [0.1, 0.15) is 135 Å². The number of alkyl halides is 8. The molecule has 0 saturated carbocycles. The number of halogens is 8. The van der Waals surface area contributed by atoms with Crippen molar-refractivity contribution in [2.75, 3.05) is 0 Å². The summed E-state index contributed by atoms with van der Waals surface area (Å²) < 4.78 is 132. The Bertz CT molecular complexity index is 1920. The molecule has 0 aromatic heterocycles. The fourth-order valence-corrected chi connectivity index (χ4v) is 7.60. The highest BCUT2D eigenvalue weighted by Gasteiger charge is 2.62. The number of benzene rings is 4. The first kappa shape index (κ1) is 45.6. The molecule has 0 N–H and O–H groups in total. The molecule has 4 rings (SSSR count). The van der Waals surface area contributed by atoms with Gasteiger partial charge in [-0.1, -0.05) is 148 Å². The van der Waals surface area contributed by atoms with Gasteiger partial charge in [0.15, 0.2) is 0 Å². The molecular weight excluding hydrogens is 748 g/mol. The van der Waals surface area contributed by atoms with Crippen LogP contribution in [-0.4, -0.2) is 12.2 Å². The van der Waals surface area contributed by atoms with Crippen molar-refractivity contribution in [2.45, 2.75) is 147 Å². The normalized spacial score (nSPS) is 15.5. The van der Waals surface area contributed by atoms with E-state index in [0.29, 0.717) is 24.0 Å². The Kier molecular flexibility index (Phi) is 13.0. The van der Waals surface area contributed by atoms with Crippen molar-refractivity contribution in [3.05, 3.63) is 130 Å². The zero-order valence-corrected chi connectivity index (χ0v) is 34.6. The summed E-state index contributed by atoms with van der Waals surface area (Å²) >= 11 is 0. The lowest BCUT2D eigenvalue weighted by molar-refractivity contribution is -0.316. The summed E-state index contributed by atoms with van der Waals surface area (Å²) in [6.45, 7) is 19.5. The zero-order chi connectivity index (χ0) is 42.9. The molecule has 10 heteroatoms. The molecule has 0 saturated heterocycles. The molecule has 0 radical (unpaired) electrons. The van der Waals surface area contributed by atoms with E-state index in [9.17, 15) is 0 Å². The van der Waals surface area contributed by atoms with Gasteiger partial charge in [-0.05, 0) is 83.0 Å². The Balaban J connectivity index is 1.57. The summed E-state index contributed by atoms with van der Waals surface area (Å²) in [6, 6.07) is 20.6. The average molecular weight is 805 g/mol. The van der Waals surface area contributed by atoms with Crippen LogP contribution in [0, 0.1) is 0 Å². The molecular formula is C47H56F8O2. The van der Waals surface area contributed by atoms with Crippen LogP contribution in [0.15, 0.2) is 97.1 Å². The van der Waals surface area contributed by atoms with Gasteiger partial charge in [-0.25, -0.2) is 0 Å². The smallest absolute Gasteiger partial charge is 0.428 e. The fraction of sp³-hybridized carbons (Fsp3) is 0.489. The maximum atomic E-state index is 15.5. The molecule has 2 unspecified atom stereocenters. The molecule has 4 aromatic carbocycles. The summed E-state index contributed by atoms with van der Waals surface area (Å²) in [7, 11) is 0. The Morgan fingerprint density at radius 1 is 0.368 bits per heavy atom. The Morgan fingerprint density at radius 2 is 0.649 bits per heavy atom. The molecule has 0 bridgehead atoms. The minimum absolute atomic E-state index is 0.229. The van der Waals surface area contributed by atoms with Gasteiger partial charge in [0.1, 0.15) is 11.5 Å². The van der Waals surface area contributed by atoms with Gasteiger partial charge in [-0.2, -0.15) is 35.1 Å². The van der Waals surface area contributed by atoms with Gasteiger partial charge in [0.25, 0.3) is 0 Å². The molecule has 2 atom stereocenters. The second-order valence-electron chi connectivity index (χ2n) is 16.8. The van der Waals surface area contributed by atoms with Crippen molar-refractivity contribution in [1.82, 2.24) is 0 Å².